The zero-order chi connectivity index (χ0) is 10.9. The lowest BCUT2D eigenvalue weighted by Crippen LogP contribution is -2.46. The second kappa shape index (κ2) is 5.37. The highest BCUT2D eigenvalue weighted by Crippen LogP contribution is 2.29. The van der Waals surface area contributed by atoms with Crippen molar-refractivity contribution in [3.05, 3.63) is 0 Å². The van der Waals surface area contributed by atoms with Gasteiger partial charge < -0.3 is 10.2 Å². The third-order valence-electron chi connectivity index (χ3n) is 3.96. The van der Waals surface area contributed by atoms with Crippen molar-refractivity contribution < 1.29 is 4.79 Å². The zero-order valence-corrected chi connectivity index (χ0v) is 11.1. The predicted octanol–water partition coefficient (Wildman–Crippen LogP) is 1.67. The number of nitrogens with zero attached hydrogens (tertiary/aromatic N) is 1. The van der Waals surface area contributed by atoms with Crippen LogP contribution in [-0.2, 0) is 4.79 Å². The van der Waals surface area contributed by atoms with E-state index in [0.29, 0.717) is 5.91 Å². The minimum absolute atomic E-state index is 0. The first kappa shape index (κ1) is 13.8. The van der Waals surface area contributed by atoms with Gasteiger partial charge in [-0.25, -0.2) is 0 Å². The summed E-state index contributed by atoms with van der Waals surface area (Å²) < 4.78 is 0. The number of nitrogens with one attached hydrogen (secondary N) is 1. The molecule has 0 saturated carbocycles. The molecule has 0 aromatic heterocycles. The summed E-state index contributed by atoms with van der Waals surface area (Å²) in [5.74, 6) is 1.17. The monoisotopic (exact) mass is 246 g/mol. The van der Waals surface area contributed by atoms with Crippen LogP contribution < -0.4 is 5.32 Å². The van der Waals surface area contributed by atoms with E-state index in [1.165, 1.54) is 12.8 Å². The Balaban J connectivity index is 0.00000128. The van der Waals surface area contributed by atoms with Crippen LogP contribution in [-0.4, -0.2) is 37.0 Å². The van der Waals surface area contributed by atoms with Crippen LogP contribution in [0.5, 0.6) is 0 Å². The first-order chi connectivity index (χ1) is 7.12. The maximum absolute atomic E-state index is 12.3. The van der Waals surface area contributed by atoms with Gasteiger partial charge in [-0.3, -0.25) is 4.79 Å². The quantitative estimate of drug-likeness (QED) is 0.764. The number of carbonyl (C=O) groups is 1. The maximum atomic E-state index is 12.3. The van der Waals surface area contributed by atoms with E-state index in [9.17, 15) is 4.79 Å². The number of hydrogen-bond acceptors (Lipinski definition) is 2. The third-order valence-corrected chi connectivity index (χ3v) is 3.96. The molecule has 0 aliphatic carbocycles. The Hall–Kier alpha value is -0.280. The summed E-state index contributed by atoms with van der Waals surface area (Å²) in [6, 6.07) is 0. The van der Waals surface area contributed by atoms with Crippen LogP contribution in [0.15, 0.2) is 0 Å². The molecule has 1 N–H and O–H groups in total. The molecule has 2 aliphatic heterocycles. The van der Waals surface area contributed by atoms with Crippen LogP contribution >= 0.6 is 12.4 Å². The average molecular weight is 247 g/mol. The number of amides is 1. The maximum Gasteiger partial charge on any atom is 0.229 e. The molecule has 2 aliphatic rings. The number of hydrogen-bond donors (Lipinski definition) is 1. The Morgan fingerprint density at radius 1 is 1.38 bits per heavy atom. The third kappa shape index (κ3) is 2.69. The predicted molar refractivity (Wildman–Crippen MR) is 67.8 cm³/mol. The molecule has 0 bridgehead atoms. The van der Waals surface area contributed by atoms with E-state index in [2.05, 4.69) is 24.1 Å². The van der Waals surface area contributed by atoms with E-state index < -0.39 is 0 Å². The molecule has 2 fully saturated rings. The molecule has 4 heteroatoms. The van der Waals surface area contributed by atoms with Crippen molar-refractivity contribution in [3.8, 4) is 0 Å². The average Bonchev–Trinajstić information content (AvgIpc) is 2.67. The minimum Gasteiger partial charge on any atom is -0.342 e. The molecule has 94 valence electrons. The standard InChI is InChI=1S/C12H22N2O.ClH/c1-10-3-7-14(8-4-10)11(15)12(2)5-6-13-9-12;/h10,13H,3-9H2,1-2H3;1H. The van der Waals surface area contributed by atoms with E-state index in [4.69, 9.17) is 0 Å². The summed E-state index contributed by atoms with van der Waals surface area (Å²) in [5, 5.41) is 3.29. The van der Waals surface area contributed by atoms with E-state index in [1.807, 2.05) is 0 Å². The Labute approximate surface area is 104 Å². The molecule has 2 saturated heterocycles. The molecular weight excluding hydrogens is 224 g/mol. The molecule has 1 amide bonds. The molecule has 16 heavy (non-hydrogen) atoms. The Morgan fingerprint density at radius 2 is 2.00 bits per heavy atom. The van der Waals surface area contributed by atoms with E-state index >= 15 is 0 Å². The van der Waals surface area contributed by atoms with Crippen molar-refractivity contribution in [2.75, 3.05) is 26.2 Å². The zero-order valence-electron chi connectivity index (χ0n) is 10.3. The van der Waals surface area contributed by atoms with Crippen LogP contribution in [0.25, 0.3) is 0 Å². The molecule has 3 nitrogen and oxygen atoms in total. The lowest BCUT2D eigenvalue weighted by atomic mass is 9.86. The molecule has 0 aromatic carbocycles. The first-order valence-electron chi connectivity index (χ1n) is 6.12. The molecule has 2 rings (SSSR count). The van der Waals surface area contributed by atoms with Gasteiger partial charge in [0.05, 0.1) is 5.41 Å². The van der Waals surface area contributed by atoms with Crippen molar-refractivity contribution in [1.29, 1.82) is 0 Å². The Morgan fingerprint density at radius 3 is 2.50 bits per heavy atom. The number of halogens is 1. The van der Waals surface area contributed by atoms with Crippen molar-refractivity contribution in [1.82, 2.24) is 10.2 Å². The normalized spacial score (nSPS) is 31.2. The number of piperidine rings is 1. The SMILES string of the molecule is CC1CCN(C(=O)C2(C)CCNC2)CC1.Cl. The van der Waals surface area contributed by atoms with E-state index in [1.54, 1.807) is 0 Å². The lowest BCUT2D eigenvalue weighted by molar-refractivity contribution is -0.141. The molecule has 1 unspecified atom stereocenters. The van der Waals surface area contributed by atoms with Crippen LogP contribution in [0.3, 0.4) is 0 Å². The van der Waals surface area contributed by atoms with Crippen molar-refractivity contribution >= 4 is 18.3 Å². The fourth-order valence-electron chi connectivity index (χ4n) is 2.59. The molecule has 0 spiro atoms. The van der Waals surface area contributed by atoms with Gasteiger partial charge in [0.1, 0.15) is 0 Å². The largest absolute Gasteiger partial charge is 0.342 e. The number of rotatable bonds is 1. The molecular formula is C12H23ClN2O. The van der Waals surface area contributed by atoms with Crippen molar-refractivity contribution in [2.24, 2.45) is 11.3 Å². The van der Waals surface area contributed by atoms with Gasteiger partial charge in [0, 0.05) is 19.6 Å². The van der Waals surface area contributed by atoms with Gasteiger partial charge in [-0.15, -0.1) is 12.4 Å². The number of likely N-dealkylation sites (tertiary alicyclic amines) is 1. The highest BCUT2D eigenvalue weighted by molar-refractivity contribution is 5.85. The fraction of sp³-hybridized carbons (Fsp3) is 0.917. The van der Waals surface area contributed by atoms with Crippen LogP contribution in [0.1, 0.15) is 33.1 Å². The minimum atomic E-state index is -0.124. The molecule has 2 heterocycles. The highest BCUT2D eigenvalue weighted by Gasteiger charge is 2.39. The van der Waals surface area contributed by atoms with Crippen LogP contribution in [0.4, 0.5) is 0 Å². The van der Waals surface area contributed by atoms with Crippen LogP contribution in [0, 0.1) is 11.3 Å². The van der Waals surface area contributed by atoms with Gasteiger partial charge in [0.15, 0.2) is 0 Å². The van der Waals surface area contributed by atoms with Gasteiger partial charge in [-0.05, 0) is 38.6 Å². The Kier molecular flexibility index (Phi) is 4.62. The topological polar surface area (TPSA) is 32.3 Å². The smallest absolute Gasteiger partial charge is 0.229 e. The molecule has 0 aromatic rings. The first-order valence-corrected chi connectivity index (χ1v) is 6.12. The summed E-state index contributed by atoms with van der Waals surface area (Å²) in [7, 11) is 0. The van der Waals surface area contributed by atoms with Crippen LogP contribution in [0.2, 0.25) is 0 Å². The van der Waals surface area contributed by atoms with Gasteiger partial charge >= 0.3 is 0 Å². The second-order valence-corrected chi connectivity index (χ2v) is 5.46. The van der Waals surface area contributed by atoms with Gasteiger partial charge in [-0.1, -0.05) is 6.92 Å². The Bertz CT molecular complexity index is 243. The highest BCUT2D eigenvalue weighted by atomic mass is 35.5. The summed E-state index contributed by atoms with van der Waals surface area (Å²) >= 11 is 0. The summed E-state index contributed by atoms with van der Waals surface area (Å²) in [5.41, 5.74) is -0.124. The van der Waals surface area contributed by atoms with Crippen molar-refractivity contribution in [3.63, 3.8) is 0 Å². The molecule has 1 atom stereocenters. The summed E-state index contributed by atoms with van der Waals surface area (Å²) in [4.78, 5) is 14.4. The van der Waals surface area contributed by atoms with Gasteiger partial charge in [0.2, 0.25) is 5.91 Å². The second-order valence-electron chi connectivity index (χ2n) is 5.46. The summed E-state index contributed by atoms with van der Waals surface area (Å²) in [6.45, 7) is 8.17. The fourth-order valence-corrected chi connectivity index (χ4v) is 2.59. The van der Waals surface area contributed by atoms with E-state index in [-0.39, 0.29) is 17.8 Å². The van der Waals surface area contributed by atoms with Crippen molar-refractivity contribution in [2.45, 2.75) is 33.1 Å². The number of carbonyl (C=O) groups excluding carboxylic acids is 1. The lowest BCUT2D eigenvalue weighted by Gasteiger charge is -2.35. The molecule has 0 radical (unpaired) electrons. The van der Waals surface area contributed by atoms with Gasteiger partial charge in [0.25, 0.3) is 0 Å². The van der Waals surface area contributed by atoms with Gasteiger partial charge in [-0.2, -0.15) is 0 Å². The van der Waals surface area contributed by atoms with E-state index in [0.717, 1.165) is 38.5 Å². The summed E-state index contributed by atoms with van der Waals surface area (Å²) in [6.07, 6.45) is 3.35.